The Bertz CT molecular complexity index is 103. The lowest BCUT2D eigenvalue weighted by Gasteiger charge is -2.14. The van der Waals surface area contributed by atoms with Gasteiger partial charge in [-0.05, 0) is 0 Å². The maximum atomic E-state index is 5.33. The molecule has 0 amide bonds. The van der Waals surface area contributed by atoms with Crippen LogP contribution < -0.4 is 5.84 Å². The molecule has 0 aliphatic carbocycles. The van der Waals surface area contributed by atoms with E-state index in [-0.39, 0.29) is 0 Å². The normalized spacial score (nSPS) is 17.8. The molecule has 1 aliphatic rings. The second-order valence-corrected chi connectivity index (χ2v) is 2.50. The summed E-state index contributed by atoms with van der Waals surface area (Å²) in [6, 6.07) is 0. The van der Waals surface area contributed by atoms with Crippen LogP contribution in [0.4, 0.5) is 0 Å². The first-order chi connectivity index (χ1) is 3.79. The van der Waals surface area contributed by atoms with E-state index in [0.29, 0.717) is 0 Å². The van der Waals surface area contributed by atoms with Crippen molar-refractivity contribution in [1.29, 1.82) is 0 Å². The van der Waals surface area contributed by atoms with Gasteiger partial charge in [-0.2, -0.15) is 0 Å². The Balaban J connectivity index is 2.54. The average molecular weight is 223 g/mol. The molecule has 1 heterocycles. The van der Waals surface area contributed by atoms with Gasteiger partial charge in [-0.1, -0.05) is 0 Å². The largest absolute Gasteiger partial charge is 0.294 e. The summed E-state index contributed by atoms with van der Waals surface area (Å²) >= 11 is 2.14. The summed E-state index contributed by atoms with van der Waals surface area (Å²) in [6.45, 7) is 0. The molecule has 0 atom stereocenters. The molecule has 0 spiro atoms. The van der Waals surface area contributed by atoms with Crippen LogP contribution in [-0.4, -0.2) is 8.12 Å². The van der Waals surface area contributed by atoms with Gasteiger partial charge in [0, 0.05) is 24.8 Å². The molecule has 1 aliphatic heterocycles. The summed E-state index contributed by atoms with van der Waals surface area (Å²) in [7, 11) is 0. The van der Waals surface area contributed by atoms with Gasteiger partial charge in [0.2, 0.25) is 0 Å². The van der Waals surface area contributed by atoms with Crippen LogP contribution in [0.5, 0.6) is 0 Å². The Labute approximate surface area is 61.9 Å². The van der Waals surface area contributed by atoms with Crippen molar-refractivity contribution >= 4 is 22.9 Å². The maximum Gasteiger partial charge on any atom is 0.0635 e. The van der Waals surface area contributed by atoms with Crippen LogP contribution in [0, 0.1) is 0 Å². The minimum absolute atomic E-state index is 1.50. The van der Waals surface area contributed by atoms with Crippen molar-refractivity contribution < 1.29 is 0 Å². The third kappa shape index (κ3) is 1.38. The van der Waals surface area contributed by atoms with Crippen molar-refractivity contribution in [2.75, 3.05) is 0 Å². The van der Waals surface area contributed by atoms with Gasteiger partial charge in [0.25, 0.3) is 0 Å². The van der Waals surface area contributed by atoms with Crippen LogP contribution in [0.15, 0.2) is 24.8 Å². The summed E-state index contributed by atoms with van der Waals surface area (Å²) in [6.07, 6.45) is 7.26. The minimum atomic E-state index is 1.50. The summed E-state index contributed by atoms with van der Waals surface area (Å²) in [5.41, 5.74) is 0. The zero-order chi connectivity index (χ0) is 5.98. The fourth-order valence-corrected chi connectivity index (χ4v) is 0.668. The molecule has 2 N–H and O–H groups in total. The number of hydrogen-bond acceptors (Lipinski definition) is 3. The van der Waals surface area contributed by atoms with Gasteiger partial charge in [-0.15, -0.1) is 0 Å². The average Bonchev–Trinajstić information content (AvgIpc) is 1.77. The highest BCUT2D eigenvalue weighted by Crippen LogP contribution is 2.05. The van der Waals surface area contributed by atoms with E-state index in [9.17, 15) is 0 Å². The van der Waals surface area contributed by atoms with Crippen LogP contribution in [0.1, 0.15) is 0 Å². The van der Waals surface area contributed by atoms with Crippen molar-refractivity contribution in [3.8, 4) is 0 Å². The van der Waals surface area contributed by atoms with Crippen molar-refractivity contribution in [2.45, 2.75) is 0 Å². The molecule has 0 fully saturated rings. The first kappa shape index (κ1) is 5.90. The van der Waals surface area contributed by atoms with E-state index in [2.05, 4.69) is 22.9 Å². The number of halogens is 1. The molecule has 1 rings (SSSR count). The summed E-state index contributed by atoms with van der Waals surface area (Å²) in [5.74, 6) is 5.33. The molecule has 0 aromatic carbocycles. The van der Waals surface area contributed by atoms with Crippen LogP contribution in [0.3, 0.4) is 0 Å². The number of hydrogen-bond donors (Lipinski definition) is 1. The summed E-state index contributed by atoms with van der Waals surface area (Å²) < 4.78 is 1.89. The molecule has 4 heteroatoms. The summed E-state index contributed by atoms with van der Waals surface area (Å²) in [5, 5.41) is 1.50. The molecule has 0 radical (unpaired) electrons. The highest BCUT2D eigenvalue weighted by molar-refractivity contribution is 14.1. The lowest BCUT2D eigenvalue weighted by molar-refractivity contribution is 0.513. The molecule has 3 nitrogen and oxygen atoms in total. The second kappa shape index (κ2) is 2.36. The molecule has 0 bridgehead atoms. The van der Waals surface area contributed by atoms with Crippen LogP contribution in [0.25, 0.3) is 0 Å². The van der Waals surface area contributed by atoms with Crippen molar-refractivity contribution in [2.24, 2.45) is 5.84 Å². The number of nitrogens with two attached hydrogens (primary N) is 1. The molecule has 0 aromatic rings. The Morgan fingerprint density at radius 1 is 1.12 bits per heavy atom. The second-order valence-electron chi connectivity index (χ2n) is 1.39. The van der Waals surface area contributed by atoms with Crippen molar-refractivity contribution in [1.82, 2.24) is 8.12 Å². The Morgan fingerprint density at radius 2 is 1.62 bits per heavy atom. The topological polar surface area (TPSA) is 32.5 Å². The Hall–Kier alpha value is -0.230. The standard InChI is InChI=1S/C4H6IN3/c5-7-1-3-8(6)4-2-7/h1-4H,6H2. The van der Waals surface area contributed by atoms with E-state index in [1.165, 1.54) is 5.01 Å². The molecule has 0 aromatic heterocycles. The third-order valence-electron chi connectivity index (χ3n) is 0.762. The predicted octanol–water partition coefficient (Wildman–Crippen LogP) is 0.770. The van der Waals surface area contributed by atoms with Crippen LogP contribution in [-0.2, 0) is 0 Å². The van der Waals surface area contributed by atoms with E-state index in [0.717, 1.165) is 0 Å². The number of rotatable bonds is 0. The van der Waals surface area contributed by atoms with Gasteiger partial charge < -0.3 is 0 Å². The zero-order valence-electron chi connectivity index (χ0n) is 4.16. The van der Waals surface area contributed by atoms with Crippen molar-refractivity contribution in [3.63, 3.8) is 0 Å². The Kier molecular flexibility index (Phi) is 1.74. The van der Waals surface area contributed by atoms with Gasteiger partial charge in [-0.25, -0.2) is 5.84 Å². The lowest BCUT2D eigenvalue weighted by atomic mass is 10.7. The highest BCUT2D eigenvalue weighted by atomic mass is 127. The van der Waals surface area contributed by atoms with Gasteiger partial charge >= 0.3 is 0 Å². The van der Waals surface area contributed by atoms with E-state index in [1.54, 1.807) is 12.4 Å². The van der Waals surface area contributed by atoms with Gasteiger partial charge in [0.05, 0.1) is 22.9 Å². The van der Waals surface area contributed by atoms with Crippen molar-refractivity contribution in [3.05, 3.63) is 24.8 Å². The first-order valence-corrected chi connectivity index (χ1v) is 3.09. The smallest absolute Gasteiger partial charge is 0.0635 e. The Morgan fingerprint density at radius 3 is 2.00 bits per heavy atom. The van der Waals surface area contributed by atoms with E-state index in [1.807, 2.05) is 15.5 Å². The van der Waals surface area contributed by atoms with Gasteiger partial charge in [0.15, 0.2) is 0 Å². The minimum Gasteiger partial charge on any atom is -0.294 e. The zero-order valence-corrected chi connectivity index (χ0v) is 6.32. The highest BCUT2D eigenvalue weighted by Gasteiger charge is 1.92. The first-order valence-electron chi connectivity index (χ1n) is 2.13. The van der Waals surface area contributed by atoms with Crippen LogP contribution >= 0.6 is 22.9 Å². The fourth-order valence-electron chi connectivity index (χ4n) is 0.381. The number of nitrogens with zero attached hydrogens (tertiary/aromatic N) is 2. The molecular formula is C4H6IN3. The molecule has 44 valence electrons. The molecule has 0 saturated heterocycles. The quantitative estimate of drug-likeness (QED) is 0.374. The SMILES string of the molecule is NN1C=CN(I)C=C1. The van der Waals surface area contributed by atoms with E-state index >= 15 is 0 Å². The molecule has 0 saturated carbocycles. The summed E-state index contributed by atoms with van der Waals surface area (Å²) in [4.78, 5) is 0. The monoisotopic (exact) mass is 223 g/mol. The fraction of sp³-hybridized carbons (Fsp3) is 0. The van der Waals surface area contributed by atoms with Gasteiger partial charge in [0.1, 0.15) is 0 Å². The molecule has 8 heavy (non-hydrogen) atoms. The number of hydrazine groups is 1. The van der Waals surface area contributed by atoms with Gasteiger partial charge in [-0.3, -0.25) is 8.12 Å². The third-order valence-corrected chi connectivity index (χ3v) is 1.41. The van der Waals surface area contributed by atoms with E-state index < -0.39 is 0 Å². The molecule has 0 unspecified atom stereocenters. The predicted molar refractivity (Wildman–Crippen MR) is 40.2 cm³/mol. The van der Waals surface area contributed by atoms with Crippen LogP contribution in [0.2, 0.25) is 0 Å². The van der Waals surface area contributed by atoms with E-state index in [4.69, 9.17) is 5.84 Å². The maximum absolute atomic E-state index is 5.33. The lowest BCUT2D eigenvalue weighted by Crippen LogP contribution is -2.21. The molecular weight excluding hydrogens is 217 g/mol.